The van der Waals surface area contributed by atoms with E-state index in [1.54, 1.807) is 18.2 Å². The molecule has 0 aliphatic heterocycles. The molecule has 0 aliphatic carbocycles. The first-order valence-electron chi connectivity index (χ1n) is 10.1. The number of benzene rings is 4. The zero-order valence-electron chi connectivity index (χ0n) is 17.1. The monoisotopic (exact) mass is 420 g/mol. The molecule has 0 fully saturated rings. The third kappa shape index (κ3) is 3.65. The van der Waals surface area contributed by atoms with Gasteiger partial charge in [0.2, 0.25) is 0 Å². The number of ether oxygens (including phenoxy) is 1. The Labute approximate surface area is 184 Å². The standard InChI is InChI=1S/C26H20N4O2/c27-18-8-4-16(5-9-18)22-2-1-3-23-24(22)25(29-30-26(23)31)17-6-12-20(13-7-17)32-21-14-10-19(28)11-15-21/h1-15H,27-28H2,(H,30,31). The number of fused-ring (bicyclic) bond motifs is 1. The summed E-state index contributed by atoms with van der Waals surface area (Å²) in [4.78, 5) is 12.5. The summed E-state index contributed by atoms with van der Waals surface area (Å²) in [7, 11) is 0. The molecule has 6 nitrogen and oxygen atoms in total. The molecule has 0 spiro atoms. The molecule has 32 heavy (non-hydrogen) atoms. The number of rotatable bonds is 4. The summed E-state index contributed by atoms with van der Waals surface area (Å²) in [6.07, 6.45) is 0. The summed E-state index contributed by atoms with van der Waals surface area (Å²) >= 11 is 0. The van der Waals surface area contributed by atoms with Gasteiger partial charge in [0, 0.05) is 22.3 Å². The first-order chi connectivity index (χ1) is 15.6. The summed E-state index contributed by atoms with van der Waals surface area (Å²) < 4.78 is 5.89. The Kier molecular flexibility index (Phi) is 4.80. The molecule has 0 aliphatic rings. The molecule has 5 aromatic rings. The van der Waals surface area contributed by atoms with Crippen molar-refractivity contribution in [2.24, 2.45) is 0 Å². The van der Waals surface area contributed by atoms with Crippen molar-refractivity contribution in [2.45, 2.75) is 0 Å². The minimum Gasteiger partial charge on any atom is -0.457 e. The topological polar surface area (TPSA) is 107 Å². The lowest BCUT2D eigenvalue weighted by Gasteiger charge is -2.12. The van der Waals surface area contributed by atoms with Crippen LogP contribution in [0.5, 0.6) is 11.5 Å². The average Bonchev–Trinajstić information content (AvgIpc) is 2.82. The van der Waals surface area contributed by atoms with Gasteiger partial charge in [-0.1, -0.05) is 24.3 Å². The fourth-order valence-electron chi connectivity index (χ4n) is 3.68. The maximum Gasteiger partial charge on any atom is 0.272 e. The normalized spacial score (nSPS) is 10.9. The molecular weight excluding hydrogens is 400 g/mol. The first-order valence-corrected chi connectivity index (χ1v) is 10.1. The van der Waals surface area contributed by atoms with Crippen LogP contribution in [0.15, 0.2) is 95.8 Å². The second kappa shape index (κ2) is 7.92. The molecule has 1 heterocycles. The fraction of sp³-hybridized carbons (Fsp3) is 0. The summed E-state index contributed by atoms with van der Waals surface area (Å²) in [5.74, 6) is 1.39. The molecule has 0 saturated carbocycles. The number of anilines is 2. The summed E-state index contributed by atoms with van der Waals surface area (Å²) in [6, 6.07) is 28.0. The molecule has 1 aromatic heterocycles. The van der Waals surface area contributed by atoms with Crippen LogP contribution in [0.4, 0.5) is 11.4 Å². The van der Waals surface area contributed by atoms with Gasteiger partial charge >= 0.3 is 0 Å². The van der Waals surface area contributed by atoms with Gasteiger partial charge in [-0.25, -0.2) is 5.10 Å². The molecule has 4 aromatic carbocycles. The summed E-state index contributed by atoms with van der Waals surface area (Å²) in [5.41, 5.74) is 16.1. The van der Waals surface area contributed by atoms with Crippen molar-refractivity contribution in [2.75, 3.05) is 11.5 Å². The second-order valence-corrected chi connectivity index (χ2v) is 7.45. The SMILES string of the molecule is Nc1ccc(Oc2ccc(-c3n[nH]c(=O)c4cccc(-c5ccc(N)cc5)c34)cc2)cc1. The highest BCUT2D eigenvalue weighted by molar-refractivity contribution is 6.04. The van der Waals surface area contributed by atoms with E-state index in [9.17, 15) is 4.79 Å². The van der Waals surface area contributed by atoms with Crippen molar-refractivity contribution in [3.8, 4) is 33.9 Å². The Balaban J connectivity index is 1.59. The van der Waals surface area contributed by atoms with Crippen LogP contribution in [0.1, 0.15) is 0 Å². The molecule has 6 heteroatoms. The minimum absolute atomic E-state index is 0.232. The summed E-state index contributed by atoms with van der Waals surface area (Å²) in [5, 5.41) is 8.37. The third-order valence-corrected chi connectivity index (χ3v) is 5.28. The van der Waals surface area contributed by atoms with E-state index >= 15 is 0 Å². The highest BCUT2D eigenvalue weighted by Gasteiger charge is 2.14. The average molecular weight is 420 g/mol. The number of nitrogen functional groups attached to an aromatic ring is 2. The van der Waals surface area contributed by atoms with E-state index in [1.807, 2.05) is 72.8 Å². The van der Waals surface area contributed by atoms with E-state index in [-0.39, 0.29) is 5.56 Å². The number of hydrogen-bond acceptors (Lipinski definition) is 5. The maximum absolute atomic E-state index is 12.5. The Morgan fingerprint density at radius 1 is 0.688 bits per heavy atom. The van der Waals surface area contributed by atoms with Gasteiger partial charge in [0.05, 0.1) is 11.1 Å². The van der Waals surface area contributed by atoms with Gasteiger partial charge in [-0.05, 0) is 77.9 Å². The number of H-pyrrole nitrogens is 1. The lowest BCUT2D eigenvalue weighted by molar-refractivity contribution is 0.483. The number of nitrogens with one attached hydrogen (secondary N) is 1. The van der Waals surface area contributed by atoms with E-state index in [0.29, 0.717) is 34.0 Å². The Hall–Kier alpha value is -4.58. The highest BCUT2D eigenvalue weighted by atomic mass is 16.5. The number of nitrogens with two attached hydrogens (primary N) is 2. The van der Waals surface area contributed by atoms with E-state index in [1.165, 1.54) is 0 Å². The van der Waals surface area contributed by atoms with Gasteiger partial charge < -0.3 is 16.2 Å². The molecule has 0 atom stereocenters. The van der Waals surface area contributed by atoms with Crippen molar-refractivity contribution >= 4 is 22.1 Å². The predicted molar refractivity (Wildman–Crippen MR) is 129 cm³/mol. The van der Waals surface area contributed by atoms with Gasteiger partial charge in [0.15, 0.2) is 0 Å². The smallest absolute Gasteiger partial charge is 0.272 e. The molecule has 0 bridgehead atoms. The third-order valence-electron chi connectivity index (χ3n) is 5.28. The second-order valence-electron chi connectivity index (χ2n) is 7.45. The van der Waals surface area contributed by atoms with E-state index in [4.69, 9.17) is 16.2 Å². The molecule has 0 amide bonds. The van der Waals surface area contributed by atoms with Gasteiger partial charge in [0.25, 0.3) is 5.56 Å². The van der Waals surface area contributed by atoms with Crippen LogP contribution >= 0.6 is 0 Å². The van der Waals surface area contributed by atoms with Crippen molar-refractivity contribution in [1.29, 1.82) is 0 Å². The maximum atomic E-state index is 12.5. The van der Waals surface area contributed by atoms with Crippen LogP contribution in [0.2, 0.25) is 0 Å². The molecule has 5 rings (SSSR count). The minimum atomic E-state index is -0.232. The molecule has 5 N–H and O–H groups in total. The number of aromatic amines is 1. The van der Waals surface area contributed by atoms with E-state index in [0.717, 1.165) is 22.1 Å². The quantitative estimate of drug-likeness (QED) is 0.346. The molecule has 0 radical (unpaired) electrons. The number of nitrogens with zero attached hydrogens (tertiary/aromatic N) is 1. The summed E-state index contributed by atoms with van der Waals surface area (Å²) in [6.45, 7) is 0. The Morgan fingerprint density at radius 3 is 1.91 bits per heavy atom. The van der Waals surface area contributed by atoms with Crippen LogP contribution in [0.3, 0.4) is 0 Å². The van der Waals surface area contributed by atoms with Gasteiger partial charge in [-0.2, -0.15) is 5.10 Å². The largest absolute Gasteiger partial charge is 0.457 e. The van der Waals surface area contributed by atoms with Crippen LogP contribution in [0.25, 0.3) is 33.2 Å². The van der Waals surface area contributed by atoms with Gasteiger partial charge in [-0.15, -0.1) is 0 Å². The Morgan fingerprint density at radius 2 is 1.25 bits per heavy atom. The number of aromatic nitrogens is 2. The molecule has 0 saturated heterocycles. The van der Waals surface area contributed by atoms with Crippen LogP contribution in [-0.4, -0.2) is 10.2 Å². The molecule has 0 unspecified atom stereocenters. The van der Waals surface area contributed by atoms with Crippen LogP contribution in [-0.2, 0) is 0 Å². The molecular formula is C26H20N4O2. The highest BCUT2D eigenvalue weighted by Crippen LogP contribution is 2.34. The van der Waals surface area contributed by atoms with Crippen molar-refractivity contribution in [3.05, 3.63) is 101 Å². The van der Waals surface area contributed by atoms with Gasteiger partial charge in [0.1, 0.15) is 11.5 Å². The predicted octanol–water partition coefficient (Wildman–Crippen LogP) is 5.21. The first kappa shape index (κ1) is 19.4. The van der Waals surface area contributed by atoms with E-state index < -0.39 is 0 Å². The van der Waals surface area contributed by atoms with Gasteiger partial charge in [-0.3, -0.25) is 4.79 Å². The van der Waals surface area contributed by atoms with Crippen LogP contribution in [0, 0.1) is 0 Å². The Bertz CT molecular complexity index is 1460. The van der Waals surface area contributed by atoms with Crippen LogP contribution < -0.4 is 21.8 Å². The van der Waals surface area contributed by atoms with Crippen molar-refractivity contribution in [1.82, 2.24) is 10.2 Å². The zero-order chi connectivity index (χ0) is 22.1. The van der Waals surface area contributed by atoms with E-state index in [2.05, 4.69) is 10.2 Å². The zero-order valence-corrected chi connectivity index (χ0v) is 17.1. The lowest BCUT2D eigenvalue weighted by atomic mass is 9.95. The fourth-order valence-corrected chi connectivity index (χ4v) is 3.68. The lowest BCUT2D eigenvalue weighted by Crippen LogP contribution is -2.10. The number of hydrogen-bond donors (Lipinski definition) is 3. The molecule has 156 valence electrons. The van der Waals surface area contributed by atoms with Crippen molar-refractivity contribution < 1.29 is 4.74 Å². The van der Waals surface area contributed by atoms with Crippen molar-refractivity contribution in [3.63, 3.8) is 0 Å².